The van der Waals surface area contributed by atoms with Crippen LogP contribution in [0.1, 0.15) is 0 Å². The first-order chi connectivity index (χ1) is 9.96. The molecule has 0 bridgehead atoms. The van der Waals surface area contributed by atoms with Crippen molar-refractivity contribution in [3.63, 3.8) is 0 Å². The number of nitrogens with one attached hydrogen (secondary N) is 1. The highest BCUT2D eigenvalue weighted by atomic mass is 35.5. The fourth-order valence-electron chi connectivity index (χ4n) is 1.80. The molecule has 120 valence electrons. The molecule has 3 N–H and O–H groups in total. The van der Waals surface area contributed by atoms with Crippen LogP contribution in [-0.2, 0) is 10.0 Å². The summed E-state index contributed by atoms with van der Waals surface area (Å²) in [6.45, 7) is 0. The molecule has 0 atom stereocenters. The van der Waals surface area contributed by atoms with Crippen molar-refractivity contribution >= 4 is 21.4 Å². The normalized spacial score (nSPS) is 10.5. The molecule has 0 fully saturated rings. The lowest BCUT2D eigenvalue weighted by molar-refractivity contribution is -0.00000722. The van der Waals surface area contributed by atoms with Crippen LogP contribution in [0.2, 0.25) is 0 Å². The fourth-order valence-corrected chi connectivity index (χ4v) is 2.86. The van der Waals surface area contributed by atoms with Gasteiger partial charge in [0, 0.05) is 11.8 Å². The van der Waals surface area contributed by atoms with Gasteiger partial charge in [0.05, 0.1) is 24.8 Å². The molecule has 6 nitrogen and oxygen atoms in total. The summed E-state index contributed by atoms with van der Waals surface area (Å²) >= 11 is 0. The Bertz CT molecular complexity index is 750. The van der Waals surface area contributed by atoms with Crippen LogP contribution in [0, 0.1) is 0 Å². The minimum atomic E-state index is -3.73. The van der Waals surface area contributed by atoms with Crippen LogP contribution in [0.15, 0.2) is 47.4 Å². The minimum Gasteiger partial charge on any atom is -1.00 e. The van der Waals surface area contributed by atoms with Crippen molar-refractivity contribution < 1.29 is 30.3 Å². The van der Waals surface area contributed by atoms with Gasteiger partial charge in [-0.2, -0.15) is 0 Å². The highest BCUT2D eigenvalue weighted by molar-refractivity contribution is 7.92. The number of benzene rings is 2. The molecule has 0 amide bonds. The van der Waals surface area contributed by atoms with E-state index in [0.717, 1.165) is 0 Å². The molecule has 2 rings (SSSR count). The van der Waals surface area contributed by atoms with E-state index in [1.807, 2.05) is 0 Å². The summed E-state index contributed by atoms with van der Waals surface area (Å²) in [6, 6.07) is 10.9. The quantitative estimate of drug-likeness (QED) is 0.686. The number of hydrogen-bond acceptors (Lipinski definition) is 5. The van der Waals surface area contributed by atoms with Crippen LogP contribution < -0.4 is 32.3 Å². The third-order valence-electron chi connectivity index (χ3n) is 2.80. The summed E-state index contributed by atoms with van der Waals surface area (Å²) in [4.78, 5) is 0.0718. The largest absolute Gasteiger partial charge is 1.00 e. The molecule has 2 aromatic rings. The van der Waals surface area contributed by atoms with E-state index >= 15 is 0 Å². The number of rotatable bonds is 5. The zero-order valence-corrected chi connectivity index (χ0v) is 13.6. The molecule has 0 aliphatic carbocycles. The highest BCUT2D eigenvalue weighted by Crippen LogP contribution is 2.30. The maximum absolute atomic E-state index is 12.3. The van der Waals surface area contributed by atoms with Crippen LogP contribution in [0.3, 0.4) is 0 Å². The standard InChI is InChI=1S/C14H16N2O4S.ClH/c1-19-13-7-6-12(9-14(13)20-2)21(17,18)16-11-5-3-4-10(15)8-11;/h3-9,16H,15H2,1-2H3;1H/p-1. The van der Waals surface area contributed by atoms with Gasteiger partial charge in [0.2, 0.25) is 0 Å². The van der Waals surface area contributed by atoms with E-state index in [9.17, 15) is 8.42 Å². The molecular weight excluding hydrogens is 328 g/mol. The molecule has 0 spiro atoms. The van der Waals surface area contributed by atoms with Gasteiger partial charge >= 0.3 is 0 Å². The van der Waals surface area contributed by atoms with E-state index in [-0.39, 0.29) is 17.3 Å². The lowest BCUT2D eigenvalue weighted by Gasteiger charge is -2.11. The second kappa shape index (κ2) is 7.24. The first-order valence-corrected chi connectivity index (χ1v) is 7.55. The summed E-state index contributed by atoms with van der Waals surface area (Å²) in [7, 11) is -0.802. The lowest BCUT2D eigenvalue weighted by atomic mass is 10.3. The van der Waals surface area contributed by atoms with E-state index in [2.05, 4.69) is 4.72 Å². The average Bonchev–Trinajstić information content (AvgIpc) is 2.46. The number of nitrogen functional groups attached to an aromatic ring is 1. The van der Waals surface area contributed by atoms with Gasteiger partial charge in [0.1, 0.15) is 0 Å². The summed E-state index contributed by atoms with van der Waals surface area (Å²) in [6.07, 6.45) is 0. The number of anilines is 2. The van der Waals surface area contributed by atoms with Crippen molar-refractivity contribution in [2.45, 2.75) is 4.90 Å². The van der Waals surface area contributed by atoms with Crippen molar-refractivity contribution in [2.24, 2.45) is 0 Å². The molecule has 0 heterocycles. The van der Waals surface area contributed by atoms with Gasteiger partial charge in [-0.25, -0.2) is 8.42 Å². The number of halogens is 1. The van der Waals surface area contributed by atoms with E-state index in [4.69, 9.17) is 15.2 Å². The summed E-state index contributed by atoms with van der Waals surface area (Å²) in [5.41, 5.74) is 6.50. The fraction of sp³-hybridized carbons (Fsp3) is 0.143. The third kappa shape index (κ3) is 3.96. The van der Waals surface area contributed by atoms with Crippen LogP contribution in [0.4, 0.5) is 11.4 Å². The SMILES string of the molecule is COc1ccc(S(=O)(=O)Nc2cccc(N)c2)cc1OC.[Cl-]. The molecule has 0 unspecified atom stereocenters. The van der Waals surface area contributed by atoms with Crippen LogP contribution in [0.5, 0.6) is 11.5 Å². The summed E-state index contributed by atoms with van der Waals surface area (Å²) in [5.74, 6) is 0.799. The zero-order valence-electron chi connectivity index (χ0n) is 12.0. The molecule has 0 saturated heterocycles. The molecule has 0 aliphatic rings. The number of sulfonamides is 1. The first kappa shape index (κ1) is 17.9. The second-order valence-corrected chi connectivity index (χ2v) is 5.93. The number of ether oxygens (including phenoxy) is 2. The maximum atomic E-state index is 12.3. The Labute approximate surface area is 135 Å². The second-order valence-electron chi connectivity index (χ2n) is 4.25. The van der Waals surface area contributed by atoms with E-state index in [1.54, 1.807) is 18.2 Å². The average molecular weight is 344 g/mol. The predicted octanol–water partition coefficient (Wildman–Crippen LogP) is -0.909. The third-order valence-corrected chi connectivity index (χ3v) is 4.18. The topological polar surface area (TPSA) is 90.7 Å². The van der Waals surface area contributed by atoms with Gasteiger partial charge in [0.15, 0.2) is 11.5 Å². The van der Waals surface area contributed by atoms with E-state index in [1.165, 1.54) is 38.5 Å². The number of nitrogens with two attached hydrogens (primary N) is 1. The van der Waals surface area contributed by atoms with E-state index < -0.39 is 10.0 Å². The van der Waals surface area contributed by atoms with Crippen molar-refractivity contribution in [3.8, 4) is 11.5 Å². The smallest absolute Gasteiger partial charge is 0.262 e. The zero-order chi connectivity index (χ0) is 15.5. The molecule has 8 heteroatoms. The Hall–Kier alpha value is -2.12. The van der Waals surface area contributed by atoms with E-state index in [0.29, 0.717) is 22.9 Å². The van der Waals surface area contributed by atoms with Crippen LogP contribution in [0.25, 0.3) is 0 Å². The molecular formula is C14H16ClN2O4S-. The van der Waals surface area contributed by atoms with Gasteiger partial charge < -0.3 is 27.6 Å². The number of methoxy groups -OCH3 is 2. The predicted molar refractivity (Wildman–Crippen MR) is 81.2 cm³/mol. The Kier molecular flexibility index (Phi) is 5.90. The number of hydrogen-bond donors (Lipinski definition) is 2. The Morgan fingerprint density at radius 3 is 2.27 bits per heavy atom. The molecule has 22 heavy (non-hydrogen) atoms. The Morgan fingerprint density at radius 2 is 1.68 bits per heavy atom. The monoisotopic (exact) mass is 343 g/mol. The van der Waals surface area contributed by atoms with Crippen LogP contribution in [-0.4, -0.2) is 22.6 Å². The minimum absolute atomic E-state index is 0. The van der Waals surface area contributed by atoms with Gasteiger partial charge in [-0.05, 0) is 30.3 Å². The molecule has 0 aromatic heterocycles. The molecule has 2 aromatic carbocycles. The molecule has 0 radical (unpaired) electrons. The summed E-state index contributed by atoms with van der Waals surface area (Å²) < 4.78 is 37.3. The maximum Gasteiger partial charge on any atom is 0.262 e. The van der Waals surface area contributed by atoms with Gasteiger partial charge in [-0.15, -0.1) is 0 Å². The van der Waals surface area contributed by atoms with Gasteiger partial charge in [-0.3, -0.25) is 4.72 Å². The Morgan fingerprint density at radius 1 is 1.00 bits per heavy atom. The first-order valence-electron chi connectivity index (χ1n) is 6.06. The van der Waals surface area contributed by atoms with Gasteiger partial charge in [-0.1, -0.05) is 6.07 Å². The van der Waals surface area contributed by atoms with Crippen molar-refractivity contribution in [1.29, 1.82) is 0 Å². The summed E-state index contributed by atoms with van der Waals surface area (Å²) in [5, 5.41) is 0. The highest BCUT2D eigenvalue weighted by Gasteiger charge is 2.17. The molecule has 0 aliphatic heterocycles. The van der Waals surface area contributed by atoms with Gasteiger partial charge in [0.25, 0.3) is 10.0 Å². The van der Waals surface area contributed by atoms with Crippen molar-refractivity contribution in [3.05, 3.63) is 42.5 Å². The van der Waals surface area contributed by atoms with Crippen molar-refractivity contribution in [1.82, 2.24) is 0 Å². The lowest BCUT2D eigenvalue weighted by Crippen LogP contribution is -3.00. The van der Waals surface area contributed by atoms with Crippen molar-refractivity contribution in [2.75, 3.05) is 24.7 Å². The Balaban J connectivity index is 0.00000242. The van der Waals surface area contributed by atoms with Crippen LogP contribution >= 0.6 is 0 Å². The molecule has 0 saturated carbocycles.